The number of hydrogen-bond acceptors (Lipinski definition) is 12. The topological polar surface area (TPSA) is 174 Å². The first-order chi connectivity index (χ1) is 18.6. The molecule has 1 aromatic carbocycles. The van der Waals surface area contributed by atoms with Gasteiger partial charge in [0.1, 0.15) is 5.92 Å². The second-order valence-corrected chi connectivity index (χ2v) is 8.02. The minimum absolute atomic E-state index is 0.0805. The summed E-state index contributed by atoms with van der Waals surface area (Å²) >= 11 is 0. The Morgan fingerprint density at radius 3 is 1.97 bits per heavy atom. The fraction of sp³-hybridized carbons (Fsp3) is 0.308. The van der Waals surface area contributed by atoms with Crippen molar-refractivity contribution in [3.05, 3.63) is 46.5 Å². The molecule has 0 aliphatic heterocycles. The molecule has 1 aliphatic rings. The Bertz CT molecular complexity index is 1550. The Balaban J connectivity index is 2.90. The Labute approximate surface area is 220 Å². The van der Waals surface area contributed by atoms with Crippen molar-refractivity contribution in [1.29, 1.82) is 0 Å². The van der Waals surface area contributed by atoms with Gasteiger partial charge in [-0.3, -0.25) is 9.59 Å². The number of carbonyl (C=O) groups is 6. The molecular formula is C26H25NO12. The third kappa shape index (κ3) is 4.31. The lowest BCUT2D eigenvalue weighted by Crippen LogP contribution is -2.58. The van der Waals surface area contributed by atoms with Gasteiger partial charge in [-0.25, -0.2) is 19.2 Å². The zero-order valence-corrected chi connectivity index (χ0v) is 21.9. The summed E-state index contributed by atoms with van der Waals surface area (Å²) in [5.41, 5.74) is -4.44. The standard InChI is InChI=1S/C26H25NO12/c1-34-15(28)11-13(21(29)35-2)26(25(33)39-6)18(23(31)37-4)16-12-9-7-8-10-14(12)27-20(16)17(22(30)36-3)19(26)24(32)38-5/h7-11,19,27H,1-6H3/b13-11+. The van der Waals surface area contributed by atoms with Gasteiger partial charge in [0.05, 0.1) is 64.7 Å². The van der Waals surface area contributed by atoms with Gasteiger partial charge >= 0.3 is 35.8 Å². The zero-order chi connectivity index (χ0) is 29.1. The van der Waals surface area contributed by atoms with E-state index >= 15 is 0 Å². The van der Waals surface area contributed by atoms with Gasteiger partial charge in [0.15, 0.2) is 5.41 Å². The highest BCUT2D eigenvalue weighted by Gasteiger charge is 2.65. The molecule has 0 saturated heterocycles. The van der Waals surface area contributed by atoms with Crippen molar-refractivity contribution < 1.29 is 57.2 Å². The molecule has 1 N–H and O–H groups in total. The third-order valence-corrected chi connectivity index (χ3v) is 6.37. The minimum atomic E-state index is -2.86. The second-order valence-electron chi connectivity index (χ2n) is 8.02. The maximum absolute atomic E-state index is 14.0. The summed E-state index contributed by atoms with van der Waals surface area (Å²) in [6.07, 6.45) is 0.566. The van der Waals surface area contributed by atoms with Crippen LogP contribution in [0, 0.1) is 11.3 Å². The highest BCUT2D eigenvalue weighted by atomic mass is 16.5. The number of fused-ring (bicyclic) bond motifs is 3. The van der Waals surface area contributed by atoms with Crippen molar-refractivity contribution in [3.63, 3.8) is 0 Å². The summed E-state index contributed by atoms with van der Waals surface area (Å²) in [5.74, 6) is -9.56. The molecule has 0 saturated carbocycles. The van der Waals surface area contributed by atoms with E-state index in [1.54, 1.807) is 24.3 Å². The van der Waals surface area contributed by atoms with E-state index in [2.05, 4.69) is 9.72 Å². The number of esters is 6. The number of hydrogen-bond donors (Lipinski definition) is 1. The van der Waals surface area contributed by atoms with E-state index in [4.69, 9.17) is 23.7 Å². The van der Waals surface area contributed by atoms with Gasteiger partial charge in [0, 0.05) is 22.2 Å². The van der Waals surface area contributed by atoms with Crippen molar-refractivity contribution in [1.82, 2.24) is 4.98 Å². The number of methoxy groups -OCH3 is 6. The van der Waals surface area contributed by atoms with E-state index in [1.807, 2.05) is 0 Å². The van der Waals surface area contributed by atoms with Crippen molar-refractivity contribution in [3.8, 4) is 0 Å². The first-order valence-electron chi connectivity index (χ1n) is 11.2. The van der Waals surface area contributed by atoms with Crippen LogP contribution in [0.25, 0.3) is 22.0 Å². The number of H-pyrrole nitrogens is 1. The molecule has 1 heterocycles. The number of para-hydroxylation sites is 1. The van der Waals surface area contributed by atoms with Gasteiger partial charge < -0.3 is 33.4 Å². The molecule has 13 nitrogen and oxygen atoms in total. The number of aromatic amines is 1. The van der Waals surface area contributed by atoms with Crippen LogP contribution < -0.4 is 10.6 Å². The van der Waals surface area contributed by atoms with Crippen molar-refractivity contribution >= 4 is 57.9 Å². The number of nitrogens with one attached hydrogen (secondary N) is 1. The van der Waals surface area contributed by atoms with Crippen molar-refractivity contribution in [2.75, 3.05) is 42.7 Å². The predicted molar refractivity (Wildman–Crippen MR) is 130 cm³/mol. The average Bonchev–Trinajstić information content (AvgIpc) is 3.35. The quantitative estimate of drug-likeness (QED) is 0.258. The maximum atomic E-state index is 14.0. The van der Waals surface area contributed by atoms with Gasteiger partial charge in [-0.2, -0.15) is 0 Å². The molecule has 0 spiro atoms. The van der Waals surface area contributed by atoms with E-state index in [0.29, 0.717) is 17.0 Å². The fourth-order valence-corrected chi connectivity index (χ4v) is 4.81. The summed E-state index contributed by atoms with van der Waals surface area (Å²) in [6, 6.07) is 6.43. The van der Waals surface area contributed by atoms with E-state index < -0.39 is 63.9 Å². The SMILES string of the molecule is COC(=O)/C=C(\C(=O)OC)C1(C(=O)OC)C(C(=O)OC)=c2c([nH]c3ccccc23)=C(C(=O)OC)C1C(=O)OC. The van der Waals surface area contributed by atoms with E-state index in [1.165, 1.54) is 0 Å². The van der Waals surface area contributed by atoms with E-state index in [9.17, 15) is 28.8 Å². The summed E-state index contributed by atoms with van der Waals surface area (Å²) in [7, 11) is 5.83. The zero-order valence-electron chi connectivity index (χ0n) is 21.9. The van der Waals surface area contributed by atoms with Crippen LogP contribution in [0.1, 0.15) is 0 Å². The number of benzene rings is 1. The number of rotatable bonds is 7. The summed E-state index contributed by atoms with van der Waals surface area (Å²) in [5, 5.41) is 0.136. The molecule has 2 atom stereocenters. The minimum Gasteiger partial charge on any atom is -0.468 e. The molecular weight excluding hydrogens is 518 g/mol. The maximum Gasteiger partial charge on any atom is 0.336 e. The Hall–Kier alpha value is -4.94. The molecule has 39 heavy (non-hydrogen) atoms. The smallest absolute Gasteiger partial charge is 0.336 e. The second kappa shape index (κ2) is 11.2. The molecule has 206 valence electrons. The lowest BCUT2D eigenvalue weighted by molar-refractivity contribution is -0.161. The monoisotopic (exact) mass is 543 g/mol. The van der Waals surface area contributed by atoms with Crippen LogP contribution in [0.3, 0.4) is 0 Å². The lowest BCUT2D eigenvalue weighted by atomic mass is 9.59. The van der Waals surface area contributed by atoms with Crippen LogP contribution in [-0.4, -0.2) is 83.5 Å². The van der Waals surface area contributed by atoms with Crippen LogP contribution in [0.15, 0.2) is 35.9 Å². The van der Waals surface area contributed by atoms with E-state index in [0.717, 1.165) is 42.7 Å². The molecule has 0 amide bonds. The third-order valence-electron chi connectivity index (χ3n) is 6.37. The molecule has 1 aromatic heterocycles. The number of carbonyl (C=O) groups excluding carboxylic acids is 6. The summed E-state index contributed by atoms with van der Waals surface area (Å²) in [6.45, 7) is 0. The first-order valence-corrected chi connectivity index (χ1v) is 11.2. The van der Waals surface area contributed by atoms with Crippen LogP contribution in [0.4, 0.5) is 0 Å². The molecule has 2 aromatic rings. The molecule has 0 radical (unpaired) electrons. The van der Waals surface area contributed by atoms with Gasteiger partial charge in [-0.1, -0.05) is 18.2 Å². The van der Waals surface area contributed by atoms with Crippen LogP contribution in [0.2, 0.25) is 0 Å². The van der Waals surface area contributed by atoms with Gasteiger partial charge in [-0.05, 0) is 6.07 Å². The van der Waals surface area contributed by atoms with Gasteiger partial charge in [0.2, 0.25) is 0 Å². The number of ether oxygens (including phenoxy) is 6. The molecule has 13 heteroatoms. The highest BCUT2D eigenvalue weighted by molar-refractivity contribution is 6.29. The summed E-state index contributed by atoms with van der Waals surface area (Å²) in [4.78, 5) is 83.3. The average molecular weight is 543 g/mol. The first kappa shape index (κ1) is 28.6. The van der Waals surface area contributed by atoms with E-state index in [-0.39, 0.29) is 10.6 Å². The number of aromatic nitrogens is 1. The molecule has 0 bridgehead atoms. The molecule has 0 fully saturated rings. The van der Waals surface area contributed by atoms with Gasteiger partial charge in [0.25, 0.3) is 0 Å². The van der Waals surface area contributed by atoms with Gasteiger partial charge in [-0.15, -0.1) is 0 Å². The Kier molecular flexibility index (Phi) is 8.23. The van der Waals surface area contributed by atoms with Crippen LogP contribution in [0.5, 0.6) is 0 Å². The largest absolute Gasteiger partial charge is 0.468 e. The molecule has 2 unspecified atom stereocenters. The molecule has 3 rings (SSSR count). The Morgan fingerprint density at radius 2 is 1.44 bits per heavy atom. The van der Waals surface area contributed by atoms with Crippen molar-refractivity contribution in [2.24, 2.45) is 11.3 Å². The van der Waals surface area contributed by atoms with Crippen LogP contribution >= 0.6 is 0 Å². The lowest BCUT2D eigenvalue weighted by Gasteiger charge is -2.40. The summed E-state index contributed by atoms with van der Waals surface area (Å²) < 4.78 is 29.5. The fourth-order valence-electron chi connectivity index (χ4n) is 4.81. The van der Waals surface area contributed by atoms with Crippen molar-refractivity contribution in [2.45, 2.75) is 0 Å². The highest BCUT2D eigenvalue weighted by Crippen LogP contribution is 2.51. The predicted octanol–water partition coefficient (Wildman–Crippen LogP) is -0.950. The molecule has 1 aliphatic carbocycles. The normalized spacial score (nSPS) is 18.5. The Morgan fingerprint density at radius 1 is 0.795 bits per heavy atom. The van der Waals surface area contributed by atoms with Crippen LogP contribution in [-0.2, 0) is 57.2 Å².